The molecule has 0 fully saturated rings. The highest BCUT2D eigenvalue weighted by molar-refractivity contribution is 5.95. The van der Waals surface area contributed by atoms with E-state index in [2.05, 4.69) is 17.2 Å². The number of nitrogens with one attached hydrogen (secondary N) is 2. The summed E-state index contributed by atoms with van der Waals surface area (Å²) < 4.78 is 0. The van der Waals surface area contributed by atoms with Gasteiger partial charge in [0.05, 0.1) is 13.1 Å². The van der Waals surface area contributed by atoms with E-state index in [1.807, 2.05) is 0 Å². The Balaban J connectivity index is 3.69. The Hall–Kier alpha value is -1.85. The van der Waals surface area contributed by atoms with Gasteiger partial charge in [0.1, 0.15) is 0 Å². The van der Waals surface area contributed by atoms with Gasteiger partial charge in [-0.1, -0.05) is 6.58 Å². The van der Waals surface area contributed by atoms with Crippen LogP contribution < -0.4 is 16.4 Å². The number of amides is 3. The van der Waals surface area contributed by atoms with E-state index in [1.54, 1.807) is 0 Å². The van der Waals surface area contributed by atoms with Crippen LogP contribution in [0.25, 0.3) is 0 Å². The van der Waals surface area contributed by atoms with Gasteiger partial charge in [0.25, 0.3) is 0 Å². The van der Waals surface area contributed by atoms with E-state index in [4.69, 9.17) is 5.73 Å². The first kappa shape index (κ1) is 12.2. The van der Waals surface area contributed by atoms with E-state index in [1.165, 1.54) is 6.92 Å². The number of primary amides is 1. The Morgan fingerprint density at radius 3 is 2.21 bits per heavy atom. The minimum Gasteiger partial charge on any atom is -0.368 e. The maximum atomic E-state index is 10.9. The van der Waals surface area contributed by atoms with Gasteiger partial charge in [0.2, 0.25) is 17.7 Å². The van der Waals surface area contributed by atoms with Crippen LogP contribution in [-0.2, 0) is 14.4 Å². The van der Waals surface area contributed by atoms with Gasteiger partial charge >= 0.3 is 0 Å². The maximum Gasteiger partial charge on any atom is 0.246 e. The lowest BCUT2D eigenvalue weighted by molar-refractivity contribution is -0.126. The number of carbonyl (C=O) groups excluding carboxylic acids is 3. The summed E-state index contributed by atoms with van der Waals surface area (Å²) in [5.74, 6) is -1.51. The van der Waals surface area contributed by atoms with E-state index in [0.717, 1.165) is 0 Å². The highest BCUT2D eigenvalue weighted by Gasteiger charge is 2.05. The Bertz CT molecular complexity index is 273. The normalized spacial score (nSPS) is 8.93. The average Bonchev–Trinajstić information content (AvgIpc) is 2.10. The molecule has 0 unspecified atom stereocenters. The summed E-state index contributed by atoms with van der Waals surface area (Å²) in [5.41, 5.74) is 5.10. The molecule has 0 rings (SSSR count). The molecule has 4 N–H and O–H groups in total. The summed E-state index contributed by atoms with van der Waals surface area (Å²) in [6.07, 6.45) is 0. The van der Waals surface area contributed by atoms with Crippen molar-refractivity contribution in [2.24, 2.45) is 5.73 Å². The van der Waals surface area contributed by atoms with E-state index < -0.39 is 17.7 Å². The molecule has 14 heavy (non-hydrogen) atoms. The summed E-state index contributed by atoms with van der Waals surface area (Å²) in [6.45, 7) is 4.48. The standard InChI is InChI=1S/C8H13N3O3/c1-5(2)8(14)11-4-7(13)10-3-6(9)12/h1,3-4H2,2H3,(H2,9,12)(H,10,13)(H,11,14). The van der Waals surface area contributed by atoms with Gasteiger partial charge in [-0.2, -0.15) is 0 Å². The smallest absolute Gasteiger partial charge is 0.246 e. The fourth-order valence-corrected chi connectivity index (χ4v) is 0.560. The molecule has 6 heteroatoms. The Morgan fingerprint density at radius 1 is 1.21 bits per heavy atom. The molecule has 0 aromatic rings. The number of rotatable bonds is 5. The van der Waals surface area contributed by atoms with Gasteiger partial charge in [-0.15, -0.1) is 0 Å². The topological polar surface area (TPSA) is 101 Å². The van der Waals surface area contributed by atoms with Crippen LogP contribution in [0.15, 0.2) is 12.2 Å². The van der Waals surface area contributed by atoms with Crippen LogP contribution in [-0.4, -0.2) is 30.8 Å². The second-order valence-corrected chi connectivity index (χ2v) is 2.71. The molecule has 0 saturated heterocycles. The minimum absolute atomic E-state index is 0.195. The molecule has 3 amide bonds. The number of nitrogens with two attached hydrogens (primary N) is 1. The van der Waals surface area contributed by atoms with Gasteiger partial charge in [-0.3, -0.25) is 14.4 Å². The van der Waals surface area contributed by atoms with Crippen LogP contribution >= 0.6 is 0 Å². The quantitative estimate of drug-likeness (QED) is 0.459. The van der Waals surface area contributed by atoms with Gasteiger partial charge in [0.15, 0.2) is 0 Å². The van der Waals surface area contributed by atoms with Crippen LogP contribution in [0.4, 0.5) is 0 Å². The molecule has 0 aliphatic rings. The predicted octanol–water partition coefficient (Wildman–Crippen LogP) is -1.72. The minimum atomic E-state index is -0.635. The Morgan fingerprint density at radius 2 is 1.79 bits per heavy atom. The molecule has 0 aliphatic heterocycles. The van der Waals surface area contributed by atoms with Crippen molar-refractivity contribution < 1.29 is 14.4 Å². The maximum absolute atomic E-state index is 10.9. The highest BCUT2D eigenvalue weighted by Crippen LogP contribution is 1.83. The summed E-state index contributed by atoms with van der Waals surface area (Å²) in [5, 5.41) is 4.52. The molecule has 0 aromatic carbocycles. The molecular formula is C8H13N3O3. The van der Waals surface area contributed by atoms with Crippen LogP contribution in [0.2, 0.25) is 0 Å². The lowest BCUT2D eigenvalue weighted by atomic mass is 10.3. The number of hydrogen-bond donors (Lipinski definition) is 3. The van der Waals surface area contributed by atoms with Crippen molar-refractivity contribution in [3.8, 4) is 0 Å². The fourth-order valence-electron chi connectivity index (χ4n) is 0.560. The molecule has 0 bridgehead atoms. The van der Waals surface area contributed by atoms with Crippen molar-refractivity contribution >= 4 is 17.7 Å². The molecule has 0 aliphatic carbocycles. The van der Waals surface area contributed by atoms with Crippen LogP contribution in [0, 0.1) is 0 Å². The SMILES string of the molecule is C=C(C)C(=O)NCC(=O)NCC(N)=O. The second-order valence-electron chi connectivity index (χ2n) is 2.71. The van der Waals surface area contributed by atoms with E-state index >= 15 is 0 Å². The Labute approximate surface area is 81.5 Å². The van der Waals surface area contributed by atoms with Gasteiger partial charge in [-0.05, 0) is 6.92 Å². The first-order chi connectivity index (χ1) is 6.43. The molecular weight excluding hydrogens is 186 g/mol. The predicted molar refractivity (Wildman–Crippen MR) is 50.0 cm³/mol. The summed E-state index contributed by atoms with van der Waals surface area (Å²) >= 11 is 0. The zero-order valence-corrected chi connectivity index (χ0v) is 7.92. The third-order valence-corrected chi connectivity index (χ3v) is 1.26. The summed E-state index contributed by atoms with van der Waals surface area (Å²) in [7, 11) is 0. The molecule has 6 nitrogen and oxygen atoms in total. The molecule has 0 saturated carbocycles. The average molecular weight is 199 g/mol. The third kappa shape index (κ3) is 5.76. The van der Waals surface area contributed by atoms with Crippen LogP contribution in [0.1, 0.15) is 6.92 Å². The number of hydrogen-bond acceptors (Lipinski definition) is 3. The first-order valence-corrected chi connectivity index (χ1v) is 3.92. The lowest BCUT2D eigenvalue weighted by Gasteiger charge is -2.04. The second kappa shape index (κ2) is 5.74. The summed E-state index contributed by atoms with van der Waals surface area (Å²) in [4.78, 5) is 32.1. The van der Waals surface area contributed by atoms with E-state index in [0.29, 0.717) is 5.57 Å². The first-order valence-electron chi connectivity index (χ1n) is 3.92. The van der Waals surface area contributed by atoms with E-state index in [9.17, 15) is 14.4 Å². The fraction of sp³-hybridized carbons (Fsp3) is 0.375. The highest BCUT2D eigenvalue weighted by atomic mass is 16.2. The lowest BCUT2D eigenvalue weighted by Crippen LogP contribution is -2.40. The third-order valence-electron chi connectivity index (χ3n) is 1.26. The van der Waals surface area contributed by atoms with Gasteiger partial charge in [0, 0.05) is 5.57 Å². The number of carbonyl (C=O) groups is 3. The van der Waals surface area contributed by atoms with Crippen molar-refractivity contribution in [1.29, 1.82) is 0 Å². The molecule has 78 valence electrons. The zero-order chi connectivity index (χ0) is 11.1. The van der Waals surface area contributed by atoms with Crippen molar-refractivity contribution in [3.63, 3.8) is 0 Å². The van der Waals surface area contributed by atoms with Crippen molar-refractivity contribution in [2.45, 2.75) is 6.92 Å². The van der Waals surface area contributed by atoms with E-state index in [-0.39, 0.29) is 13.1 Å². The molecule has 0 heterocycles. The summed E-state index contributed by atoms with van der Waals surface area (Å²) in [6, 6.07) is 0. The molecule has 0 spiro atoms. The van der Waals surface area contributed by atoms with Gasteiger partial charge in [-0.25, -0.2) is 0 Å². The zero-order valence-electron chi connectivity index (χ0n) is 7.92. The monoisotopic (exact) mass is 199 g/mol. The largest absolute Gasteiger partial charge is 0.368 e. The molecule has 0 radical (unpaired) electrons. The molecule has 0 atom stereocenters. The van der Waals surface area contributed by atoms with Crippen LogP contribution in [0.3, 0.4) is 0 Å². The van der Waals surface area contributed by atoms with Crippen molar-refractivity contribution in [3.05, 3.63) is 12.2 Å². The van der Waals surface area contributed by atoms with Crippen molar-refractivity contribution in [2.75, 3.05) is 13.1 Å². The van der Waals surface area contributed by atoms with Gasteiger partial charge < -0.3 is 16.4 Å². The van der Waals surface area contributed by atoms with Crippen LogP contribution in [0.5, 0.6) is 0 Å². The Kier molecular flexibility index (Phi) is 4.98. The van der Waals surface area contributed by atoms with Crippen molar-refractivity contribution in [1.82, 2.24) is 10.6 Å². The molecule has 0 aromatic heterocycles.